The molecule has 4 nitrogen and oxygen atoms in total. The van der Waals surface area contributed by atoms with Crippen molar-refractivity contribution >= 4 is 23.4 Å². The molecule has 2 aromatic carbocycles. The van der Waals surface area contributed by atoms with Crippen molar-refractivity contribution in [1.29, 1.82) is 5.26 Å². The second-order valence-electron chi connectivity index (χ2n) is 4.78. The van der Waals surface area contributed by atoms with E-state index in [0.29, 0.717) is 11.3 Å². The van der Waals surface area contributed by atoms with Gasteiger partial charge in [-0.15, -0.1) is 11.8 Å². The maximum absolute atomic E-state index is 11.8. The van der Waals surface area contributed by atoms with Crippen LogP contribution in [0.3, 0.4) is 0 Å². The Bertz CT molecular complexity index is 751. The lowest BCUT2D eigenvalue weighted by molar-refractivity contribution is -0.116. The fourth-order valence-electron chi connectivity index (χ4n) is 2.25. The molecule has 1 aliphatic rings. The second-order valence-corrected chi connectivity index (χ2v) is 5.81. The molecule has 5 heteroatoms. The summed E-state index contributed by atoms with van der Waals surface area (Å²) in [6.07, 6.45) is 0. The summed E-state index contributed by atoms with van der Waals surface area (Å²) in [7, 11) is 0. The number of rotatable bonds is 1. The molecular weight excluding hydrogens is 282 g/mol. The largest absolute Gasteiger partial charge is 0.324 e. The van der Waals surface area contributed by atoms with E-state index in [1.807, 2.05) is 36.4 Å². The molecule has 21 heavy (non-hydrogen) atoms. The molecule has 0 radical (unpaired) electrons. The molecule has 0 aromatic heterocycles. The standard InChI is InChI=1S/C16H13N3OS/c17-8-10-3-1-4-11(7-10)12-5-2-6-14-15(12)21-9-13(18)16(20)19-14/h1-7,13H,9,18H2,(H,19,20)/t13-/m0/s1. The summed E-state index contributed by atoms with van der Waals surface area (Å²) in [6, 6.07) is 14.8. The summed E-state index contributed by atoms with van der Waals surface area (Å²) in [5, 5.41) is 11.9. The predicted molar refractivity (Wildman–Crippen MR) is 83.9 cm³/mol. The van der Waals surface area contributed by atoms with Gasteiger partial charge in [-0.25, -0.2) is 0 Å². The van der Waals surface area contributed by atoms with Crippen LogP contribution < -0.4 is 11.1 Å². The molecule has 2 aromatic rings. The molecule has 3 N–H and O–H groups in total. The zero-order valence-corrected chi connectivity index (χ0v) is 12.0. The lowest BCUT2D eigenvalue weighted by atomic mass is 10.0. The number of hydrogen-bond acceptors (Lipinski definition) is 4. The van der Waals surface area contributed by atoms with Gasteiger partial charge in [-0.05, 0) is 29.3 Å². The van der Waals surface area contributed by atoms with Crippen LogP contribution in [0.15, 0.2) is 47.4 Å². The molecule has 0 spiro atoms. The number of carbonyl (C=O) groups excluding carboxylic acids is 1. The molecular formula is C16H13N3OS. The van der Waals surface area contributed by atoms with Crippen LogP contribution in [0.4, 0.5) is 5.69 Å². The Balaban J connectivity index is 2.11. The molecule has 1 aliphatic heterocycles. The molecule has 1 amide bonds. The first kappa shape index (κ1) is 13.7. The van der Waals surface area contributed by atoms with E-state index in [1.54, 1.807) is 17.8 Å². The maximum atomic E-state index is 11.8. The molecule has 1 heterocycles. The molecule has 104 valence electrons. The fourth-order valence-corrected chi connectivity index (χ4v) is 3.36. The first-order valence-corrected chi connectivity index (χ1v) is 7.50. The highest BCUT2D eigenvalue weighted by Crippen LogP contribution is 2.39. The average Bonchev–Trinajstić information content (AvgIpc) is 2.66. The normalized spacial score (nSPS) is 17.3. The lowest BCUT2D eigenvalue weighted by Crippen LogP contribution is -2.36. The van der Waals surface area contributed by atoms with Crippen molar-refractivity contribution in [1.82, 2.24) is 0 Å². The number of hydrogen-bond donors (Lipinski definition) is 2. The van der Waals surface area contributed by atoms with Crippen molar-refractivity contribution in [2.24, 2.45) is 5.73 Å². The van der Waals surface area contributed by atoms with Gasteiger partial charge >= 0.3 is 0 Å². The maximum Gasteiger partial charge on any atom is 0.242 e. The number of thioether (sulfide) groups is 1. The van der Waals surface area contributed by atoms with E-state index in [2.05, 4.69) is 11.4 Å². The summed E-state index contributed by atoms with van der Waals surface area (Å²) in [5.41, 5.74) is 9.17. The Morgan fingerprint density at radius 2 is 2.10 bits per heavy atom. The minimum atomic E-state index is -0.513. The Morgan fingerprint density at radius 3 is 2.90 bits per heavy atom. The smallest absolute Gasteiger partial charge is 0.242 e. The van der Waals surface area contributed by atoms with Crippen molar-refractivity contribution in [3.05, 3.63) is 48.0 Å². The second kappa shape index (κ2) is 5.60. The van der Waals surface area contributed by atoms with E-state index >= 15 is 0 Å². The fraction of sp³-hybridized carbons (Fsp3) is 0.125. The number of nitrogens with zero attached hydrogens (tertiary/aromatic N) is 1. The van der Waals surface area contributed by atoms with Gasteiger partial charge in [-0.3, -0.25) is 4.79 Å². The Kier molecular flexibility index (Phi) is 3.65. The zero-order chi connectivity index (χ0) is 14.8. The molecule has 1 atom stereocenters. The molecule has 0 unspecified atom stereocenters. The van der Waals surface area contributed by atoms with Gasteiger partial charge in [0, 0.05) is 10.6 Å². The van der Waals surface area contributed by atoms with Crippen LogP contribution in [-0.2, 0) is 4.79 Å². The Labute approximate surface area is 127 Å². The third-order valence-electron chi connectivity index (χ3n) is 3.32. The van der Waals surface area contributed by atoms with E-state index in [1.165, 1.54) is 0 Å². The summed E-state index contributed by atoms with van der Waals surface area (Å²) in [5.74, 6) is 0.373. The molecule has 0 bridgehead atoms. The minimum absolute atomic E-state index is 0.163. The quantitative estimate of drug-likeness (QED) is 0.847. The van der Waals surface area contributed by atoms with Gasteiger partial charge < -0.3 is 11.1 Å². The van der Waals surface area contributed by atoms with E-state index in [9.17, 15) is 4.79 Å². The highest BCUT2D eigenvalue weighted by molar-refractivity contribution is 7.99. The van der Waals surface area contributed by atoms with Crippen LogP contribution in [0.2, 0.25) is 0 Å². The van der Waals surface area contributed by atoms with Crippen molar-refractivity contribution in [2.45, 2.75) is 10.9 Å². The number of anilines is 1. The van der Waals surface area contributed by atoms with Crippen molar-refractivity contribution in [3.8, 4) is 17.2 Å². The van der Waals surface area contributed by atoms with Crippen LogP contribution in [0.25, 0.3) is 11.1 Å². The first-order valence-electron chi connectivity index (χ1n) is 6.52. The van der Waals surface area contributed by atoms with Gasteiger partial charge in [-0.2, -0.15) is 5.26 Å². The molecule has 0 aliphatic carbocycles. The number of nitrogens with one attached hydrogen (secondary N) is 1. The third-order valence-corrected chi connectivity index (χ3v) is 4.57. The number of amides is 1. The van der Waals surface area contributed by atoms with Gasteiger partial charge in [0.15, 0.2) is 0 Å². The van der Waals surface area contributed by atoms with Crippen LogP contribution in [0.1, 0.15) is 5.56 Å². The van der Waals surface area contributed by atoms with Crippen LogP contribution in [0.5, 0.6) is 0 Å². The molecule has 0 fully saturated rings. The Morgan fingerprint density at radius 1 is 1.29 bits per heavy atom. The van der Waals surface area contributed by atoms with Gasteiger partial charge in [0.1, 0.15) is 0 Å². The lowest BCUT2D eigenvalue weighted by Gasteiger charge is -2.12. The summed E-state index contributed by atoms with van der Waals surface area (Å²) >= 11 is 1.57. The van der Waals surface area contributed by atoms with E-state index in [-0.39, 0.29) is 5.91 Å². The van der Waals surface area contributed by atoms with Crippen molar-refractivity contribution in [3.63, 3.8) is 0 Å². The SMILES string of the molecule is N#Cc1cccc(-c2cccc3c2SC[C@H](N)C(=O)N3)c1. The predicted octanol–water partition coefficient (Wildman–Crippen LogP) is 2.60. The topological polar surface area (TPSA) is 78.9 Å². The van der Waals surface area contributed by atoms with Crippen LogP contribution in [-0.4, -0.2) is 17.7 Å². The third kappa shape index (κ3) is 2.64. The van der Waals surface area contributed by atoms with E-state index in [4.69, 9.17) is 11.0 Å². The number of carbonyl (C=O) groups is 1. The molecule has 0 saturated carbocycles. The first-order chi connectivity index (χ1) is 10.2. The molecule has 3 rings (SSSR count). The summed E-state index contributed by atoms with van der Waals surface area (Å²) in [6.45, 7) is 0. The van der Waals surface area contributed by atoms with Crippen molar-refractivity contribution in [2.75, 3.05) is 11.1 Å². The van der Waals surface area contributed by atoms with E-state index in [0.717, 1.165) is 21.7 Å². The monoisotopic (exact) mass is 295 g/mol. The number of benzene rings is 2. The number of fused-ring (bicyclic) bond motifs is 1. The zero-order valence-electron chi connectivity index (χ0n) is 11.2. The highest BCUT2D eigenvalue weighted by atomic mass is 32.2. The summed E-state index contributed by atoms with van der Waals surface area (Å²) in [4.78, 5) is 12.8. The van der Waals surface area contributed by atoms with Crippen LogP contribution >= 0.6 is 11.8 Å². The number of nitrogens with two attached hydrogens (primary N) is 1. The summed E-state index contributed by atoms with van der Waals surface area (Å²) < 4.78 is 0. The van der Waals surface area contributed by atoms with E-state index < -0.39 is 6.04 Å². The van der Waals surface area contributed by atoms with Gasteiger partial charge in [-0.1, -0.05) is 24.3 Å². The van der Waals surface area contributed by atoms with Gasteiger partial charge in [0.2, 0.25) is 5.91 Å². The average molecular weight is 295 g/mol. The minimum Gasteiger partial charge on any atom is -0.324 e. The number of nitriles is 1. The Hall–Kier alpha value is -2.29. The van der Waals surface area contributed by atoms with Gasteiger partial charge in [0.25, 0.3) is 0 Å². The highest BCUT2D eigenvalue weighted by Gasteiger charge is 2.22. The van der Waals surface area contributed by atoms with Gasteiger partial charge in [0.05, 0.1) is 23.4 Å². The molecule has 0 saturated heterocycles. The van der Waals surface area contributed by atoms with Crippen LogP contribution in [0, 0.1) is 11.3 Å². The van der Waals surface area contributed by atoms with Crippen molar-refractivity contribution < 1.29 is 4.79 Å².